The van der Waals surface area contributed by atoms with E-state index in [1.165, 1.54) is 14.2 Å². The molecule has 2 aromatic rings. The van der Waals surface area contributed by atoms with Gasteiger partial charge in [-0.2, -0.15) is 0 Å². The summed E-state index contributed by atoms with van der Waals surface area (Å²) in [6.45, 7) is 3.24. The second-order valence-corrected chi connectivity index (χ2v) is 5.34. The maximum atomic E-state index is 12.5. The molecule has 7 heteroatoms. The van der Waals surface area contributed by atoms with Gasteiger partial charge < -0.3 is 19.2 Å². The molecule has 0 fully saturated rings. The zero-order chi connectivity index (χ0) is 18.6. The minimum Gasteiger partial charge on any atom is -0.466 e. The predicted molar refractivity (Wildman–Crippen MR) is 88.2 cm³/mol. The smallest absolute Gasteiger partial charge is 0.356 e. The average molecular weight is 345 g/mol. The van der Waals surface area contributed by atoms with E-state index in [-0.39, 0.29) is 11.3 Å². The molecule has 0 aliphatic carbocycles. The Morgan fingerprint density at radius 3 is 2.16 bits per heavy atom. The van der Waals surface area contributed by atoms with E-state index in [4.69, 9.17) is 14.2 Å². The first-order valence-corrected chi connectivity index (χ1v) is 7.51. The highest BCUT2D eigenvalue weighted by atomic mass is 16.6. The van der Waals surface area contributed by atoms with Gasteiger partial charge in [-0.25, -0.2) is 14.4 Å². The molecule has 2 rings (SSSR count). The molecule has 25 heavy (non-hydrogen) atoms. The van der Waals surface area contributed by atoms with E-state index >= 15 is 0 Å². The van der Waals surface area contributed by atoms with Gasteiger partial charge in [0.25, 0.3) is 0 Å². The SMILES string of the molecule is COC(=O)c1c(C)[nH]c(C(=O)O[C@H](C(=O)OC)c2ccccc2)c1C. The fraction of sp³-hybridized carbons (Fsp3) is 0.278. The molecule has 0 aliphatic rings. The van der Waals surface area contributed by atoms with Gasteiger partial charge in [-0.1, -0.05) is 30.3 Å². The van der Waals surface area contributed by atoms with Crippen LogP contribution in [0.4, 0.5) is 0 Å². The molecule has 1 aromatic heterocycles. The van der Waals surface area contributed by atoms with Crippen LogP contribution in [-0.2, 0) is 19.0 Å². The normalized spacial score (nSPS) is 11.5. The minimum absolute atomic E-state index is 0.0859. The summed E-state index contributed by atoms with van der Waals surface area (Å²) in [5.41, 5.74) is 1.71. The average Bonchev–Trinajstić information content (AvgIpc) is 2.93. The molecule has 0 saturated carbocycles. The lowest BCUT2D eigenvalue weighted by molar-refractivity contribution is -0.151. The van der Waals surface area contributed by atoms with Crippen LogP contribution in [0.3, 0.4) is 0 Å². The van der Waals surface area contributed by atoms with Gasteiger partial charge in [0.2, 0.25) is 6.10 Å². The largest absolute Gasteiger partial charge is 0.466 e. The van der Waals surface area contributed by atoms with Crippen molar-refractivity contribution >= 4 is 17.9 Å². The summed E-state index contributed by atoms with van der Waals surface area (Å²) in [4.78, 5) is 39.2. The Labute approximate surface area is 144 Å². The minimum atomic E-state index is -1.21. The number of esters is 3. The van der Waals surface area contributed by atoms with E-state index in [9.17, 15) is 14.4 Å². The quantitative estimate of drug-likeness (QED) is 0.661. The van der Waals surface area contributed by atoms with Crippen LogP contribution >= 0.6 is 0 Å². The predicted octanol–water partition coefficient (Wildman–Crippen LogP) is 2.49. The van der Waals surface area contributed by atoms with Crippen molar-refractivity contribution in [1.82, 2.24) is 4.98 Å². The molecule has 0 spiro atoms. The Balaban J connectivity index is 2.34. The van der Waals surface area contributed by atoms with Crippen LogP contribution in [0, 0.1) is 13.8 Å². The Morgan fingerprint density at radius 1 is 0.960 bits per heavy atom. The summed E-state index contributed by atoms with van der Waals surface area (Å²) in [6.07, 6.45) is -1.21. The Hall–Kier alpha value is -3.09. The maximum absolute atomic E-state index is 12.5. The Kier molecular flexibility index (Phi) is 5.59. The van der Waals surface area contributed by atoms with Gasteiger partial charge >= 0.3 is 17.9 Å². The van der Waals surface area contributed by atoms with Crippen molar-refractivity contribution in [3.05, 3.63) is 58.4 Å². The van der Waals surface area contributed by atoms with Crippen molar-refractivity contribution in [2.24, 2.45) is 0 Å². The summed E-state index contributed by atoms with van der Waals surface area (Å²) in [5.74, 6) is -2.03. The molecule has 0 aliphatic heterocycles. The Bertz CT molecular complexity index is 793. The molecule has 0 radical (unpaired) electrons. The van der Waals surface area contributed by atoms with Gasteiger partial charge in [-0.05, 0) is 19.4 Å². The Morgan fingerprint density at radius 2 is 1.60 bits per heavy atom. The van der Waals surface area contributed by atoms with E-state index in [1.54, 1.807) is 44.2 Å². The van der Waals surface area contributed by atoms with Gasteiger partial charge in [0.05, 0.1) is 19.8 Å². The summed E-state index contributed by atoms with van der Waals surface area (Å²) in [5, 5.41) is 0. The second kappa shape index (κ2) is 7.65. The summed E-state index contributed by atoms with van der Waals surface area (Å²) in [7, 11) is 2.47. The number of ether oxygens (including phenoxy) is 3. The molecule has 0 amide bonds. The number of aryl methyl sites for hydroxylation is 1. The highest BCUT2D eigenvalue weighted by Gasteiger charge is 2.29. The van der Waals surface area contributed by atoms with Crippen molar-refractivity contribution < 1.29 is 28.6 Å². The van der Waals surface area contributed by atoms with E-state index in [2.05, 4.69) is 4.98 Å². The highest BCUT2D eigenvalue weighted by Crippen LogP contribution is 2.24. The van der Waals surface area contributed by atoms with Gasteiger partial charge in [0.1, 0.15) is 5.69 Å². The van der Waals surface area contributed by atoms with E-state index in [0.29, 0.717) is 16.8 Å². The number of nitrogens with one attached hydrogen (secondary N) is 1. The fourth-order valence-corrected chi connectivity index (χ4v) is 2.52. The first-order valence-electron chi connectivity index (χ1n) is 7.51. The molecular formula is C18H19NO6. The molecule has 0 unspecified atom stereocenters. The van der Waals surface area contributed by atoms with Gasteiger partial charge in [-0.15, -0.1) is 0 Å². The first kappa shape index (κ1) is 18.3. The third kappa shape index (κ3) is 3.71. The molecule has 1 N–H and O–H groups in total. The molecule has 0 bridgehead atoms. The molecule has 1 atom stereocenters. The van der Waals surface area contributed by atoms with Crippen LogP contribution < -0.4 is 0 Å². The molecule has 7 nitrogen and oxygen atoms in total. The van der Waals surface area contributed by atoms with Crippen molar-refractivity contribution in [1.29, 1.82) is 0 Å². The number of hydrogen-bond acceptors (Lipinski definition) is 6. The van der Waals surface area contributed by atoms with Crippen LogP contribution in [0.25, 0.3) is 0 Å². The zero-order valence-electron chi connectivity index (χ0n) is 14.4. The number of H-pyrrole nitrogens is 1. The van der Waals surface area contributed by atoms with Crippen LogP contribution in [0.1, 0.15) is 43.8 Å². The number of methoxy groups -OCH3 is 2. The van der Waals surface area contributed by atoms with Gasteiger partial charge in [-0.3, -0.25) is 0 Å². The summed E-state index contributed by atoms with van der Waals surface area (Å²) >= 11 is 0. The van der Waals surface area contributed by atoms with E-state index < -0.39 is 24.0 Å². The summed E-state index contributed by atoms with van der Waals surface area (Å²) in [6, 6.07) is 8.53. The molecule has 1 aromatic carbocycles. The van der Waals surface area contributed by atoms with E-state index in [1.807, 2.05) is 0 Å². The number of carbonyl (C=O) groups excluding carboxylic acids is 3. The standard InChI is InChI=1S/C18H19NO6/c1-10-13(16(20)23-3)11(2)19-14(10)17(21)25-15(18(22)24-4)12-8-6-5-7-9-12/h5-9,15,19H,1-4H3/t15-/m0/s1. The second-order valence-electron chi connectivity index (χ2n) is 5.34. The van der Waals surface area contributed by atoms with Gasteiger partial charge in [0.15, 0.2) is 0 Å². The number of aromatic amines is 1. The van der Waals surface area contributed by atoms with Crippen molar-refractivity contribution in [3.63, 3.8) is 0 Å². The molecule has 132 valence electrons. The lowest BCUT2D eigenvalue weighted by Crippen LogP contribution is -2.21. The van der Waals surface area contributed by atoms with E-state index in [0.717, 1.165) is 0 Å². The fourth-order valence-electron chi connectivity index (χ4n) is 2.52. The summed E-state index contributed by atoms with van der Waals surface area (Å²) < 4.78 is 14.8. The maximum Gasteiger partial charge on any atom is 0.356 e. The number of hydrogen-bond donors (Lipinski definition) is 1. The van der Waals surface area contributed by atoms with Crippen molar-refractivity contribution in [3.8, 4) is 0 Å². The topological polar surface area (TPSA) is 94.7 Å². The van der Waals surface area contributed by atoms with Crippen LogP contribution in [-0.4, -0.2) is 37.1 Å². The first-order chi connectivity index (χ1) is 11.9. The van der Waals surface area contributed by atoms with Crippen molar-refractivity contribution in [2.45, 2.75) is 20.0 Å². The third-order valence-electron chi connectivity index (χ3n) is 3.77. The lowest BCUT2D eigenvalue weighted by atomic mass is 10.1. The molecular weight excluding hydrogens is 326 g/mol. The molecule has 0 saturated heterocycles. The van der Waals surface area contributed by atoms with Crippen LogP contribution in [0.15, 0.2) is 30.3 Å². The number of rotatable bonds is 5. The third-order valence-corrected chi connectivity index (χ3v) is 3.77. The number of carbonyl (C=O) groups is 3. The highest BCUT2D eigenvalue weighted by molar-refractivity contribution is 5.99. The van der Waals surface area contributed by atoms with Crippen LogP contribution in [0.5, 0.6) is 0 Å². The van der Waals surface area contributed by atoms with Crippen LogP contribution in [0.2, 0.25) is 0 Å². The number of benzene rings is 1. The molecule has 1 heterocycles. The van der Waals surface area contributed by atoms with Gasteiger partial charge in [0, 0.05) is 11.3 Å². The number of aromatic nitrogens is 1. The lowest BCUT2D eigenvalue weighted by Gasteiger charge is -2.15. The van der Waals surface area contributed by atoms with Crippen molar-refractivity contribution in [2.75, 3.05) is 14.2 Å². The zero-order valence-corrected chi connectivity index (χ0v) is 14.4. The monoisotopic (exact) mass is 345 g/mol.